The van der Waals surface area contributed by atoms with Gasteiger partial charge in [0, 0.05) is 18.3 Å². The van der Waals surface area contributed by atoms with Gasteiger partial charge in [0.2, 0.25) is 17.7 Å². The maximum Gasteiger partial charge on any atom is 0.326 e. The number of carbonyl (C=O) groups excluding carboxylic acids is 3. The van der Waals surface area contributed by atoms with Gasteiger partial charge in [0.1, 0.15) is 18.1 Å². The maximum atomic E-state index is 12.7. The minimum absolute atomic E-state index is 0.226. The molecule has 0 aliphatic rings. The summed E-state index contributed by atoms with van der Waals surface area (Å²) in [4.78, 5) is 55.7. The molecule has 11 heteroatoms. The molecule has 0 aliphatic heterocycles. The normalized spacial score (nSPS) is 16.0. The van der Waals surface area contributed by atoms with Gasteiger partial charge < -0.3 is 31.8 Å². The molecule has 1 heterocycles. The quantitative estimate of drug-likeness (QED) is 0.255. The Morgan fingerprint density at radius 1 is 1.03 bits per heavy atom. The molecule has 5 unspecified atom stereocenters. The first kappa shape index (κ1) is 26.1. The van der Waals surface area contributed by atoms with Gasteiger partial charge in [-0.25, -0.2) is 9.78 Å². The molecule has 0 aromatic carbocycles. The lowest BCUT2D eigenvalue weighted by Crippen LogP contribution is -2.58. The van der Waals surface area contributed by atoms with Crippen LogP contribution in [0.5, 0.6) is 0 Å². The second kappa shape index (κ2) is 12.0. The highest BCUT2D eigenvalue weighted by molar-refractivity contribution is 5.94. The van der Waals surface area contributed by atoms with E-state index in [1.54, 1.807) is 27.0 Å². The largest absolute Gasteiger partial charge is 0.480 e. The molecule has 0 radical (unpaired) electrons. The second-order valence-corrected chi connectivity index (χ2v) is 8.06. The van der Waals surface area contributed by atoms with E-state index >= 15 is 0 Å². The highest BCUT2D eigenvalue weighted by atomic mass is 16.4. The van der Waals surface area contributed by atoms with Crippen molar-refractivity contribution in [3.05, 3.63) is 18.2 Å². The monoisotopic (exact) mass is 438 g/mol. The van der Waals surface area contributed by atoms with Gasteiger partial charge in [0.05, 0.1) is 12.4 Å². The molecule has 1 aromatic rings. The molecule has 0 spiro atoms. The van der Waals surface area contributed by atoms with Gasteiger partial charge in [-0.2, -0.15) is 0 Å². The number of nitrogens with zero attached hydrogens (tertiary/aromatic N) is 1. The van der Waals surface area contributed by atoms with Crippen molar-refractivity contribution in [3.8, 4) is 0 Å². The van der Waals surface area contributed by atoms with E-state index in [-0.39, 0.29) is 18.3 Å². The predicted octanol–water partition coefficient (Wildman–Crippen LogP) is -0.459. The summed E-state index contributed by atoms with van der Waals surface area (Å²) >= 11 is 0. The van der Waals surface area contributed by atoms with Crippen molar-refractivity contribution in [1.29, 1.82) is 0 Å². The van der Waals surface area contributed by atoms with E-state index in [0.29, 0.717) is 12.1 Å². The number of H-pyrrole nitrogens is 1. The number of aliphatic carboxylic acids is 1. The van der Waals surface area contributed by atoms with Crippen LogP contribution in [0.1, 0.15) is 46.7 Å². The van der Waals surface area contributed by atoms with E-state index in [4.69, 9.17) is 5.73 Å². The van der Waals surface area contributed by atoms with Crippen molar-refractivity contribution in [2.24, 2.45) is 17.6 Å². The number of hydrogen-bond acceptors (Lipinski definition) is 6. The Morgan fingerprint density at radius 2 is 1.65 bits per heavy atom. The Hall–Kier alpha value is -2.95. The number of aromatic amines is 1. The van der Waals surface area contributed by atoms with Gasteiger partial charge in [-0.1, -0.05) is 34.1 Å². The molecule has 7 N–H and O–H groups in total. The molecule has 5 atom stereocenters. The van der Waals surface area contributed by atoms with E-state index in [1.807, 2.05) is 6.92 Å². The van der Waals surface area contributed by atoms with Crippen molar-refractivity contribution in [1.82, 2.24) is 25.9 Å². The van der Waals surface area contributed by atoms with Crippen LogP contribution in [0.25, 0.3) is 0 Å². The van der Waals surface area contributed by atoms with Gasteiger partial charge in [-0.3, -0.25) is 14.4 Å². The first-order chi connectivity index (χ1) is 14.5. The van der Waals surface area contributed by atoms with E-state index in [0.717, 1.165) is 0 Å². The summed E-state index contributed by atoms with van der Waals surface area (Å²) < 4.78 is 0. The van der Waals surface area contributed by atoms with Crippen LogP contribution in [-0.4, -0.2) is 62.9 Å². The number of amides is 3. The number of carboxylic acid groups (broad SMARTS) is 1. The summed E-state index contributed by atoms with van der Waals surface area (Å²) in [5, 5.41) is 17.0. The lowest BCUT2D eigenvalue weighted by atomic mass is 9.97. The summed E-state index contributed by atoms with van der Waals surface area (Å²) in [5.74, 6) is -3.41. The number of imidazole rings is 1. The fourth-order valence-corrected chi connectivity index (χ4v) is 2.85. The maximum absolute atomic E-state index is 12.7. The molecule has 0 bridgehead atoms. The van der Waals surface area contributed by atoms with Crippen molar-refractivity contribution >= 4 is 23.7 Å². The van der Waals surface area contributed by atoms with E-state index in [2.05, 4.69) is 25.9 Å². The molecule has 174 valence electrons. The Kier molecular flexibility index (Phi) is 10.1. The van der Waals surface area contributed by atoms with E-state index < -0.39 is 47.9 Å². The Bertz CT molecular complexity index is 751. The van der Waals surface area contributed by atoms with Crippen LogP contribution < -0.4 is 21.7 Å². The topological polar surface area (TPSA) is 179 Å². The molecular weight excluding hydrogens is 404 g/mol. The molecule has 0 saturated heterocycles. The van der Waals surface area contributed by atoms with Crippen LogP contribution in [-0.2, 0) is 25.6 Å². The molecule has 0 aliphatic carbocycles. The Labute approximate surface area is 181 Å². The molecule has 0 fully saturated rings. The molecule has 31 heavy (non-hydrogen) atoms. The van der Waals surface area contributed by atoms with Crippen molar-refractivity contribution in [2.45, 2.75) is 71.6 Å². The lowest BCUT2D eigenvalue weighted by Gasteiger charge is -2.27. The van der Waals surface area contributed by atoms with Crippen LogP contribution in [0.4, 0.5) is 0 Å². The van der Waals surface area contributed by atoms with Gasteiger partial charge in [0.15, 0.2) is 0 Å². The second-order valence-electron chi connectivity index (χ2n) is 8.06. The molecule has 1 aromatic heterocycles. The third-order valence-corrected chi connectivity index (χ3v) is 5.11. The highest BCUT2D eigenvalue weighted by Gasteiger charge is 2.32. The summed E-state index contributed by atoms with van der Waals surface area (Å²) in [5.41, 5.74) is 6.55. The minimum Gasteiger partial charge on any atom is -0.480 e. The molecule has 1 rings (SSSR count). The number of hydrogen-bond donors (Lipinski definition) is 6. The summed E-state index contributed by atoms with van der Waals surface area (Å²) in [6.07, 6.45) is 3.82. The number of rotatable bonds is 12. The standard InChI is InChI=1S/C20H34N6O5/c1-6-11(4)16(20(30)31)26-19(29)15(10(2)3)25-17(27)12(5)24-18(28)14(21)7-13-8-22-9-23-13/h8-12,14-16H,6-7,21H2,1-5H3,(H,22,23)(H,24,28)(H,25,27)(H,26,29)(H,30,31). The molecule has 11 nitrogen and oxygen atoms in total. The summed E-state index contributed by atoms with van der Waals surface area (Å²) in [7, 11) is 0. The highest BCUT2D eigenvalue weighted by Crippen LogP contribution is 2.10. The third-order valence-electron chi connectivity index (χ3n) is 5.11. The number of aromatic nitrogens is 2. The average molecular weight is 439 g/mol. The smallest absolute Gasteiger partial charge is 0.326 e. The fraction of sp³-hybridized carbons (Fsp3) is 0.650. The molecule has 0 saturated carbocycles. The Balaban J connectivity index is 2.71. The summed E-state index contributed by atoms with van der Waals surface area (Å²) in [6, 6.07) is -3.85. The van der Waals surface area contributed by atoms with Crippen molar-refractivity contribution in [3.63, 3.8) is 0 Å². The zero-order chi connectivity index (χ0) is 23.7. The minimum atomic E-state index is -1.14. The van der Waals surface area contributed by atoms with Crippen molar-refractivity contribution in [2.75, 3.05) is 0 Å². The predicted molar refractivity (Wildman–Crippen MR) is 114 cm³/mol. The van der Waals surface area contributed by atoms with E-state index in [9.17, 15) is 24.3 Å². The Morgan fingerprint density at radius 3 is 2.13 bits per heavy atom. The zero-order valence-corrected chi connectivity index (χ0v) is 18.6. The van der Waals surface area contributed by atoms with Gasteiger partial charge in [-0.15, -0.1) is 0 Å². The van der Waals surface area contributed by atoms with Crippen LogP contribution in [0.3, 0.4) is 0 Å². The van der Waals surface area contributed by atoms with Gasteiger partial charge in [-0.05, 0) is 18.8 Å². The van der Waals surface area contributed by atoms with Crippen LogP contribution in [0, 0.1) is 11.8 Å². The lowest BCUT2D eigenvalue weighted by molar-refractivity contribution is -0.144. The van der Waals surface area contributed by atoms with Crippen molar-refractivity contribution < 1.29 is 24.3 Å². The molecule has 3 amide bonds. The third kappa shape index (κ3) is 8.00. The SMILES string of the molecule is CCC(C)C(NC(=O)C(NC(=O)C(C)NC(=O)C(N)Cc1cnc[nH]1)C(C)C)C(=O)O. The number of nitrogens with two attached hydrogens (primary N) is 1. The van der Waals surface area contributed by atoms with Gasteiger partial charge >= 0.3 is 5.97 Å². The zero-order valence-electron chi connectivity index (χ0n) is 18.6. The first-order valence-corrected chi connectivity index (χ1v) is 10.3. The number of carbonyl (C=O) groups is 4. The molecular formula is C20H34N6O5. The van der Waals surface area contributed by atoms with Crippen LogP contribution >= 0.6 is 0 Å². The first-order valence-electron chi connectivity index (χ1n) is 10.3. The average Bonchev–Trinajstić information content (AvgIpc) is 3.21. The van der Waals surface area contributed by atoms with E-state index in [1.165, 1.54) is 13.3 Å². The number of carboxylic acids is 1. The number of nitrogens with one attached hydrogen (secondary N) is 4. The fourth-order valence-electron chi connectivity index (χ4n) is 2.85. The van der Waals surface area contributed by atoms with Crippen LogP contribution in [0.15, 0.2) is 12.5 Å². The van der Waals surface area contributed by atoms with Gasteiger partial charge in [0.25, 0.3) is 0 Å². The summed E-state index contributed by atoms with van der Waals surface area (Å²) in [6.45, 7) is 8.49. The van der Waals surface area contributed by atoms with Crippen LogP contribution in [0.2, 0.25) is 0 Å².